The van der Waals surface area contributed by atoms with E-state index in [2.05, 4.69) is 5.16 Å². The Labute approximate surface area is 223 Å². The van der Waals surface area contributed by atoms with Gasteiger partial charge in [-0.1, -0.05) is 35.0 Å². The topological polar surface area (TPSA) is 101 Å². The lowest BCUT2D eigenvalue weighted by Crippen LogP contribution is -2.18. The van der Waals surface area contributed by atoms with Gasteiger partial charge in [0.1, 0.15) is 17.3 Å². The fourth-order valence-electron chi connectivity index (χ4n) is 4.25. The Kier molecular flexibility index (Phi) is 7.93. The molecule has 4 rings (SSSR count). The molecule has 0 fully saturated rings. The number of aryl methyl sites for hydroxylation is 2. The summed E-state index contributed by atoms with van der Waals surface area (Å²) in [6.07, 6.45) is 1.94. The lowest BCUT2D eigenvalue weighted by Gasteiger charge is -2.21. The highest BCUT2D eigenvalue weighted by Crippen LogP contribution is 2.34. The maximum Gasteiger partial charge on any atom is 0.338 e. The van der Waals surface area contributed by atoms with Gasteiger partial charge in [0.25, 0.3) is 0 Å². The fraction of sp³-hybridized carbons (Fsp3) is 0.138. The molecule has 9 heteroatoms. The predicted molar refractivity (Wildman–Crippen MR) is 143 cm³/mol. The zero-order valence-corrected chi connectivity index (χ0v) is 21.3. The quantitative estimate of drug-likeness (QED) is 0.155. The van der Waals surface area contributed by atoms with Crippen LogP contribution in [0, 0.1) is 12.7 Å². The van der Waals surface area contributed by atoms with Crippen LogP contribution in [0.1, 0.15) is 45.0 Å². The number of pyridine rings is 1. The molecule has 1 heterocycles. The van der Waals surface area contributed by atoms with Crippen molar-refractivity contribution in [3.8, 4) is 11.5 Å². The number of aromatic nitrogens is 1. The zero-order chi connectivity index (χ0) is 27.4. The first-order chi connectivity index (χ1) is 18.2. The van der Waals surface area contributed by atoms with Crippen LogP contribution in [0.3, 0.4) is 0 Å². The van der Waals surface area contributed by atoms with Gasteiger partial charge >= 0.3 is 5.97 Å². The van der Waals surface area contributed by atoms with E-state index in [9.17, 15) is 19.2 Å². The summed E-state index contributed by atoms with van der Waals surface area (Å²) < 4.78 is 20.9. The van der Waals surface area contributed by atoms with E-state index in [1.165, 1.54) is 16.7 Å². The average molecular weight is 535 g/mol. The monoisotopic (exact) mass is 534 g/mol. The van der Waals surface area contributed by atoms with Gasteiger partial charge in [0, 0.05) is 42.2 Å². The van der Waals surface area contributed by atoms with Crippen LogP contribution in [0.5, 0.6) is 11.5 Å². The number of hydrogen-bond donors (Lipinski definition) is 2. The summed E-state index contributed by atoms with van der Waals surface area (Å²) >= 11 is 6.19. The number of benzene rings is 3. The number of rotatable bonds is 8. The lowest BCUT2D eigenvalue weighted by molar-refractivity contribution is 0.0691. The van der Waals surface area contributed by atoms with E-state index < -0.39 is 17.3 Å². The minimum atomic E-state index is -1.38. The van der Waals surface area contributed by atoms with E-state index in [-0.39, 0.29) is 17.2 Å². The first-order valence-corrected chi connectivity index (χ1v) is 12.0. The van der Waals surface area contributed by atoms with Crippen molar-refractivity contribution in [1.82, 2.24) is 4.57 Å². The van der Waals surface area contributed by atoms with Gasteiger partial charge in [-0.3, -0.25) is 4.79 Å². The minimum absolute atomic E-state index is 0.177. The van der Waals surface area contributed by atoms with Crippen LogP contribution < -0.4 is 10.3 Å². The average Bonchev–Trinajstić information content (AvgIpc) is 2.89. The number of carboxylic acid groups (broad SMARTS) is 1. The van der Waals surface area contributed by atoms with Crippen LogP contribution in [-0.4, -0.2) is 26.6 Å². The van der Waals surface area contributed by atoms with Crippen LogP contribution in [0.15, 0.2) is 88.9 Å². The second-order valence-electron chi connectivity index (χ2n) is 8.79. The Morgan fingerprint density at radius 1 is 1.05 bits per heavy atom. The standard InChI is InChI=1S/C29H24ClFN2O5/c1-17-13-20(30)6-10-23(17)24(15-27(32-37)19-5-12-28(34)33(2)16-19)18-3-7-21(8-4-18)38-22-9-11-26(31)25(14-22)29(35)36/h3-14,16,24,37H,15H2,1-2H3,(H,35,36)/b32-27+. The smallest absolute Gasteiger partial charge is 0.338 e. The molecular weight excluding hydrogens is 511 g/mol. The molecule has 0 saturated carbocycles. The fourth-order valence-corrected chi connectivity index (χ4v) is 4.47. The number of oxime groups is 1. The third-order valence-electron chi connectivity index (χ3n) is 6.23. The van der Waals surface area contributed by atoms with Gasteiger partial charge in [-0.05, 0) is 72.1 Å². The van der Waals surface area contributed by atoms with Gasteiger partial charge in [-0.2, -0.15) is 0 Å². The van der Waals surface area contributed by atoms with Crippen LogP contribution >= 0.6 is 11.6 Å². The Morgan fingerprint density at radius 3 is 2.39 bits per heavy atom. The Bertz CT molecular complexity index is 1580. The van der Waals surface area contributed by atoms with Crippen molar-refractivity contribution in [2.24, 2.45) is 12.2 Å². The van der Waals surface area contributed by atoms with Gasteiger partial charge in [0.2, 0.25) is 5.56 Å². The number of carboxylic acids is 1. The molecular formula is C29H24ClFN2O5. The largest absolute Gasteiger partial charge is 0.478 e. The number of aromatic carboxylic acids is 1. The van der Waals surface area contributed by atoms with E-state index in [1.807, 2.05) is 31.2 Å². The van der Waals surface area contributed by atoms with Crippen molar-refractivity contribution < 1.29 is 24.2 Å². The van der Waals surface area contributed by atoms with Crippen molar-refractivity contribution in [3.05, 3.63) is 128 Å². The highest BCUT2D eigenvalue weighted by Gasteiger charge is 2.21. The van der Waals surface area contributed by atoms with Gasteiger partial charge < -0.3 is 19.6 Å². The first-order valence-electron chi connectivity index (χ1n) is 11.6. The van der Waals surface area contributed by atoms with Crippen molar-refractivity contribution in [1.29, 1.82) is 0 Å². The van der Waals surface area contributed by atoms with Crippen molar-refractivity contribution in [2.45, 2.75) is 19.3 Å². The molecule has 0 amide bonds. The second-order valence-corrected chi connectivity index (χ2v) is 9.23. The lowest BCUT2D eigenvalue weighted by atomic mass is 9.83. The molecule has 0 radical (unpaired) electrons. The third-order valence-corrected chi connectivity index (χ3v) is 6.47. The van der Waals surface area contributed by atoms with E-state index >= 15 is 0 Å². The van der Waals surface area contributed by atoms with Gasteiger partial charge in [0.15, 0.2) is 0 Å². The molecule has 3 aromatic carbocycles. The van der Waals surface area contributed by atoms with Crippen molar-refractivity contribution >= 4 is 23.3 Å². The van der Waals surface area contributed by atoms with Crippen LogP contribution in [0.2, 0.25) is 5.02 Å². The van der Waals surface area contributed by atoms with E-state index in [0.717, 1.165) is 28.8 Å². The SMILES string of the molecule is Cc1cc(Cl)ccc1C(C/C(=N\O)c1ccc(=O)n(C)c1)c1ccc(Oc2ccc(F)c(C(=O)O)c2)cc1. The summed E-state index contributed by atoms with van der Waals surface area (Å²) in [5.41, 5.74) is 3.16. The first kappa shape index (κ1) is 26.6. The molecule has 0 spiro atoms. The molecule has 1 aromatic heterocycles. The van der Waals surface area contributed by atoms with Crippen LogP contribution in [-0.2, 0) is 7.05 Å². The van der Waals surface area contributed by atoms with Gasteiger partial charge in [-0.25, -0.2) is 9.18 Å². The zero-order valence-electron chi connectivity index (χ0n) is 20.6. The van der Waals surface area contributed by atoms with Crippen molar-refractivity contribution in [3.63, 3.8) is 0 Å². The molecule has 0 saturated heterocycles. The number of hydrogen-bond acceptors (Lipinski definition) is 5. The highest BCUT2D eigenvalue weighted by atomic mass is 35.5. The molecule has 4 aromatic rings. The molecule has 0 aliphatic rings. The predicted octanol–water partition coefficient (Wildman–Crippen LogP) is 6.38. The third kappa shape index (κ3) is 5.92. The summed E-state index contributed by atoms with van der Waals surface area (Å²) in [6.45, 7) is 1.95. The van der Waals surface area contributed by atoms with Gasteiger partial charge in [0.05, 0.1) is 11.3 Å². The van der Waals surface area contributed by atoms with E-state index in [4.69, 9.17) is 21.4 Å². The normalized spacial score (nSPS) is 12.3. The Morgan fingerprint density at radius 2 is 1.76 bits per heavy atom. The second kappa shape index (κ2) is 11.3. The number of halogens is 2. The molecule has 194 valence electrons. The van der Waals surface area contributed by atoms with Crippen molar-refractivity contribution in [2.75, 3.05) is 0 Å². The highest BCUT2D eigenvalue weighted by molar-refractivity contribution is 6.30. The summed E-state index contributed by atoms with van der Waals surface area (Å²) in [6, 6.07) is 19.3. The van der Waals surface area contributed by atoms with Crippen LogP contribution in [0.4, 0.5) is 4.39 Å². The van der Waals surface area contributed by atoms with Crippen LogP contribution in [0.25, 0.3) is 0 Å². The van der Waals surface area contributed by atoms with Gasteiger partial charge in [-0.15, -0.1) is 0 Å². The molecule has 1 atom stereocenters. The molecule has 1 unspecified atom stereocenters. The summed E-state index contributed by atoms with van der Waals surface area (Å²) in [5.74, 6) is -1.86. The maximum absolute atomic E-state index is 13.7. The number of nitrogens with zero attached hydrogens (tertiary/aromatic N) is 2. The summed E-state index contributed by atoms with van der Waals surface area (Å²) in [5, 5.41) is 23.2. The number of ether oxygens (including phenoxy) is 1. The maximum atomic E-state index is 13.7. The molecule has 0 aliphatic carbocycles. The number of carbonyl (C=O) groups is 1. The molecule has 0 bridgehead atoms. The summed E-state index contributed by atoms with van der Waals surface area (Å²) in [7, 11) is 1.63. The Balaban J connectivity index is 1.68. The molecule has 38 heavy (non-hydrogen) atoms. The van der Waals surface area contributed by atoms with E-state index in [0.29, 0.717) is 28.5 Å². The molecule has 7 nitrogen and oxygen atoms in total. The van der Waals surface area contributed by atoms with E-state index in [1.54, 1.807) is 37.5 Å². The minimum Gasteiger partial charge on any atom is -0.478 e. The summed E-state index contributed by atoms with van der Waals surface area (Å²) in [4.78, 5) is 23.1. The molecule has 2 N–H and O–H groups in total. The Hall–Kier alpha value is -4.43. The molecule has 0 aliphatic heterocycles.